The zero-order chi connectivity index (χ0) is 16.9. The second-order valence-electron chi connectivity index (χ2n) is 6.07. The minimum Gasteiger partial charge on any atom is -0.444 e. The van der Waals surface area contributed by atoms with Crippen LogP contribution in [0.4, 0.5) is 10.6 Å². The second-order valence-corrected chi connectivity index (χ2v) is 7.27. The van der Waals surface area contributed by atoms with Gasteiger partial charge in [0.2, 0.25) is 0 Å². The zero-order valence-electron chi connectivity index (χ0n) is 13.9. The monoisotopic (exact) mass is 337 g/mol. The molecule has 0 aliphatic rings. The van der Waals surface area contributed by atoms with Crippen molar-refractivity contribution in [1.29, 1.82) is 0 Å². The molecule has 126 valence electrons. The number of anilines is 1. The van der Waals surface area contributed by atoms with Crippen LogP contribution in [-0.2, 0) is 24.2 Å². The van der Waals surface area contributed by atoms with Crippen LogP contribution in [0.25, 0.3) is 0 Å². The molecule has 3 N–H and O–H groups in total. The number of H-pyrrole nitrogens is 1. The number of nitrogens with zero attached hydrogens (tertiary/aromatic N) is 2. The van der Waals surface area contributed by atoms with Crippen molar-refractivity contribution in [3.8, 4) is 0 Å². The van der Waals surface area contributed by atoms with E-state index in [2.05, 4.69) is 32.7 Å². The fourth-order valence-electron chi connectivity index (χ4n) is 1.87. The summed E-state index contributed by atoms with van der Waals surface area (Å²) < 4.78 is 5.23. The predicted octanol–water partition coefficient (Wildman–Crippen LogP) is 3.07. The summed E-state index contributed by atoms with van der Waals surface area (Å²) in [6.07, 6.45) is 4.03. The summed E-state index contributed by atoms with van der Waals surface area (Å²) in [4.78, 5) is 17.3. The zero-order valence-corrected chi connectivity index (χ0v) is 14.7. The van der Waals surface area contributed by atoms with Crippen LogP contribution in [0.1, 0.15) is 43.1 Å². The first-order valence-electron chi connectivity index (χ1n) is 7.54. The van der Waals surface area contributed by atoms with Crippen molar-refractivity contribution < 1.29 is 9.53 Å². The molecule has 8 heteroatoms. The molecule has 0 spiro atoms. The van der Waals surface area contributed by atoms with Crippen LogP contribution >= 0.6 is 11.3 Å². The number of carbonyl (C=O) groups excluding carboxylic acids is 1. The lowest BCUT2D eigenvalue weighted by Crippen LogP contribution is -2.27. The largest absolute Gasteiger partial charge is 0.444 e. The lowest BCUT2D eigenvalue weighted by molar-refractivity contribution is 0.0635. The van der Waals surface area contributed by atoms with Crippen molar-refractivity contribution in [3.63, 3.8) is 0 Å². The van der Waals surface area contributed by atoms with Crippen molar-refractivity contribution in [3.05, 3.63) is 27.8 Å². The number of thiazole rings is 1. The number of rotatable bonds is 6. The molecule has 0 aliphatic carbocycles. The summed E-state index contributed by atoms with van der Waals surface area (Å²) in [6.45, 7) is 8.87. The molecule has 0 unspecified atom stereocenters. The highest BCUT2D eigenvalue weighted by atomic mass is 32.1. The summed E-state index contributed by atoms with van der Waals surface area (Å²) in [5.74, 6) is 0.547. The fraction of sp³-hybridized carbons (Fsp3) is 0.533. The highest BCUT2D eigenvalue weighted by Gasteiger charge is 2.17. The van der Waals surface area contributed by atoms with Gasteiger partial charge in [0, 0.05) is 29.7 Å². The van der Waals surface area contributed by atoms with Crippen molar-refractivity contribution in [1.82, 2.24) is 20.5 Å². The van der Waals surface area contributed by atoms with Crippen LogP contribution in [0, 0.1) is 0 Å². The topological polar surface area (TPSA) is 91.9 Å². The van der Waals surface area contributed by atoms with Crippen LogP contribution in [0.15, 0.2) is 12.4 Å². The third-order valence-electron chi connectivity index (χ3n) is 2.86. The van der Waals surface area contributed by atoms with E-state index in [1.165, 1.54) is 4.88 Å². The van der Waals surface area contributed by atoms with E-state index in [4.69, 9.17) is 4.74 Å². The Morgan fingerprint density at radius 1 is 1.35 bits per heavy atom. The summed E-state index contributed by atoms with van der Waals surface area (Å²) in [6, 6.07) is 0. The number of hydrogen-bond donors (Lipinski definition) is 3. The number of aromatic amines is 1. The molecule has 0 saturated heterocycles. The van der Waals surface area contributed by atoms with Crippen molar-refractivity contribution in [2.45, 2.75) is 52.8 Å². The first-order chi connectivity index (χ1) is 10.9. The number of hydrogen-bond acceptors (Lipinski definition) is 6. The molecule has 0 bridgehead atoms. The van der Waals surface area contributed by atoms with Crippen molar-refractivity contribution in [2.24, 2.45) is 0 Å². The lowest BCUT2D eigenvalue weighted by atomic mass is 10.2. The maximum Gasteiger partial charge on any atom is 0.413 e. The van der Waals surface area contributed by atoms with E-state index >= 15 is 0 Å². The van der Waals surface area contributed by atoms with Crippen LogP contribution in [0.3, 0.4) is 0 Å². The van der Waals surface area contributed by atoms with Gasteiger partial charge in [-0.3, -0.25) is 10.4 Å². The molecular formula is C15H23N5O2S. The standard InChI is InChI=1S/C15H23N5O2S/c1-5-12-17-9-11(23-12)8-16-6-10-7-18-20-13(10)19-14(21)22-15(2,3)4/h7,9,16H,5-6,8H2,1-4H3,(H2,18,19,20,21). The lowest BCUT2D eigenvalue weighted by Gasteiger charge is -2.19. The third kappa shape index (κ3) is 5.65. The quantitative estimate of drug-likeness (QED) is 0.753. The molecule has 23 heavy (non-hydrogen) atoms. The predicted molar refractivity (Wildman–Crippen MR) is 90.5 cm³/mol. The molecule has 7 nitrogen and oxygen atoms in total. The van der Waals surface area contributed by atoms with E-state index in [0.29, 0.717) is 12.4 Å². The average molecular weight is 337 g/mol. The Morgan fingerprint density at radius 3 is 2.78 bits per heavy atom. The number of aromatic nitrogens is 3. The Morgan fingerprint density at radius 2 is 2.13 bits per heavy atom. The summed E-state index contributed by atoms with van der Waals surface area (Å²) in [7, 11) is 0. The van der Waals surface area contributed by atoms with Gasteiger partial charge in [-0.15, -0.1) is 11.3 Å². The van der Waals surface area contributed by atoms with Gasteiger partial charge in [-0.05, 0) is 27.2 Å². The average Bonchev–Trinajstić information content (AvgIpc) is 3.06. The molecule has 0 aromatic carbocycles. The van der Waals surface area contributed by atoms with Gasteiger partial charge in [0.1, 0.15) is 11.4 Å². The van der Waals surface area contributed by atoms with Crippen LogP contribution in [-0.4, -0.2) is 26.9 Å². The highest BCUT2D eigenvalue weighted by Crippen LogP contribution is 2.15. The van der Waals surface area contributed by atoms with Gasteiger partial charge in [0.05, 0.1) is 11.2 Å². The molecular weight excluding hydrogens is 314 g/mol. The molecule has 0 aliphatic heterocycles. The number of nitrogens with one attached hydrogen (secondary N) is 3. The molecule has 2 aromatic heterocycles. The van der Waals surface area contributed by atoms with E-state index < -0.39 is 11.7 Å². The van der Waals surface area contributed by atoms with E-state index in [0.717, 1.165) is 23.5 Å². The van der Waals surface area contributed by atoms with Crippen molar-refractivity contribution in [2.75, 3.05) is 5.32 Å². The Bertz CT molecular complexity index is 644. The van der Waals surface area contributed by atoms with Gasteiger partial charge >= 0.3 is 6.09 Å². The first kappa shape index (κ1) is 17.4. The summed E-state index contributed by atoms with van der Waals surface area (Å²) in [5.41, 5.74) is 0.335. The number of amides is 1. The number of carbonyl (C=O) groups is 1. The highest BCUT2D eigenvalue weighted by molar-refractivity contribution is 7.11. The van der Waals surface area contributed by atoms with Gasteiger partial charge in [-0.25, -0.2) is 9.78 Å². The summed E-state index contributed by atoms with van der Waals surface area (Å²) >= 11 is 1.70. The Labute approximate surface area is 139 Å². The van der Waals surface area contributed by atoms with E-state index in [-0.39, 0.29) is 0 Å². The Kier molecular flexibility index (Phi) is 5.73. The second kappa shape index (κ2) is 7.56. The Balaban J connectivity index is 1.84. The molecule has 1 amide bonds. The van der Waals surface area contributed by atoms with Crippen LogP contribution in [0.5, 0.6) is 0 Å². The minimum atomic E-state index is -0.536. The normalized spacial score (nSPS) is 11.5. The van der Waals surface area contributed by atoms with Crippen LogP contribution < -0.4 is 10.6 Å². The Hall–Kier alpha value is -1.93. The van der Waals surface area contributed by atoms with Crippen molar-refractivity contribution >= 4 is 23.2 Å². The molecule has 0 saturated carbocycles. The molecule has 2 aromatic rings. The maximum absolute atomic E-state index is 11.8. The van der Waals surface area contributed by atoms with E-state index in [9.17, 15) is 4.79 Å². The third-order valence-corrected chi connectivity index (χ3v) is 4.00. The molecule has 0 atom stereocenters. The number of ether oxygens (including phenoxy) is 1. The van der Waals surface area contributed by atoms with Gasteiger partial charge in [0.25, 0.3) is 0 Å². The maximum atomic E-state index is 11.8. The van der Waals surface area contributed by atoms with Gasteiger partial charge in [0.15, 0.2) is 0 Å². The van der Waals surface area contributed by atoms with Crippen LogP contribution in [0.2, 0.25) is 0 Å². The van der Waals surface area contributed by atoms with E-state index in [1.807, 2.05) is 27.0 Å². The smallest absolute Gasteiger partial charge is 0.413 e. The SMILES string of the molecule is CCc1ncc(CNCc2cn[nH]c2NC(=O)OC(C)(C)C)s1. The fourth-order valence-corrected chi connectivity index (χ4v) is 2.70. The molecule has 0 radical (unpaired) electrons. The summed E-state index contributed by atoms with van der Waals surface area (Å²) in [5, 5.41) is 13.9. The molecule has 0 fully saturated rings. The van der Waals surface area contributed by atoms with Gasteiger partial charge in [-0.2, -0.15) is 5.10 Å². The first-order valence-corrected chi connectivity index (χ1v) is 8.35. The van der Waals surface area contributed by atoms with E-state index in [1.54, 1.807) is 17.5 Å². The number of aryl methyl sites for hydroxylation is 1. The minimum absolute atomic E-state index is 0.502. The molecule has 2 rings (SSSR count). The van der Waals surface area contributed by atoms with Gasteiger partial charge in [-0.1, -0.05) is 6.92 Å². The molecule has 2 heterocycles. The van der Waals surface area contributed by atoms with Gasteiger partial charge < -0.3 is 10.1 Å².